The predicted molar refractivity (Wildman–Crippen MR) is 110 cm³/mol. The van der Waals surface area contributed by atoms with Crippen LogP contribution < -0.4 is 20.3 Å². The third kappa shape index (κ3) is 5.57. The molecule has 0 saturated heterocycles. The summed E-state index contributed by atoms with van der Waals surface area (Å²) < 4.78 is 24.1. The molecule has 3 aromatic rings. The van der Waals surface area contributed by atoms with E-state index in [0.717, 1.165) is 17.2 Å². The topological polar surface area (TPSA) is 76.7 Å². The van der Waals surface area contributed by atoms with E-state index in [-0.39, 0.29) is 17.9 Å². The maximum Gasteiger partial charge on any atom is 0.276 e. The number of amides is 2. The highest BCUT2D eigenvalue weighted by Gasteiger charge is 2.14. The Morgan fingerprint density at radius 3 is 2.40 bits per heavy atom. The number of benzene rings is 3. The minimum absolute atomic E-state index is 0.0353. The van der Waals surface area contributed by atoms with Crippen LogP contribution in [-0.2, 0) is 11.2 Å². The van der Waals surface area contributed by atoms with Crippen molar-refractivity contribution in [3.63, 3.8) is 0 Å². The maximum atomic E-state index is 13.4. The van der Waals surface area contributed by atoms with Crippen LogP contribution in [-0.4, -0.2) is 25.5 Å². The first kappa shape index (κ1) is 20.9. The fourth-order valence-electron chi connectivity index (χ4n) is 2.84. The van der Waals surface area contributed by atoms with Gasteiger partial charge in [0.15, 0.2) is 6.61 Å². The Labute approximate surface area is 173 Å². The molecule has 7 heteroatoms. The number of hydrogen-bond donors (Lipinski definition) is 2. The van der Waals surface area contributed by atoms with Crippen molar-refractivity contribution >= 4 is 11.8 Å². The molecule has 30 heavy (non-hydrogen) atoms. The number of rotatable bonds is 7. The second kappa shape index (κ2) is 10.1. The van der Waals surface area contributed by atoms with Crippen LogP contribution in [0.2, 0.25) is 0 Å². The predicted octanol–water partition coefficient (Wildman–Crippen LogP) is 3.27. The molecule has 2 amide bonds. The molecular formula is C23H21FN2O4. The lowest BCUT2D eigenvalue weighted by atomic mass is 10.0. The summed E-state index contributed by atoms with van der Waals surface area (Å²) in [5.41, 5.74) is 6.50. The first-order chi connectivity index (χ1) is 14.6. The van der Waals surface area contributed by atoms with Gasteiger partial charge in [-0.2, -0.15) is 0 Å². The van der Waals surface area contributed by atoms with Crippen molar-refractivity contribution in [3.05, 3.63) is 95.3 Å². The molecule has 0 aliphatic carbocycles. The lowest BCUT2D eigenvalue weighted by Crippen LogP contribution is -2.44. The van der Waals surface area contributed by atoms with Crippen molar-refractivity contribution in [2.45, 2.75) is 6.42 Å². The number of nitrogens with one attached hydrogen (secondary N) is 2. The molecule has 0 bridgehead atoms. The number of ether oxygens (including phenoxy) is 2. The van der Waals surface area contributed by atoms with Gasteiger partial charge in [-0.15, -0.1) is 0 Å². The Kier molecular flexibility index (Phi) is 7.00. The smallest absolute Gasteiger partial charge is 0.276 e. The Bertz CT molecular complexity index is 1020. The number of hydrazine groups is 1. The highest BCUT2D eigenvalue weighted by atomic mass is 19.1. The SMILES string of the molecule is COc1ccc(F)cc1C(=O)NNC(=O)COc1ccccc1Cc1ccccc1. The summed E-state index contributed by atoms with van der Waals surface area (Å²) in [6.07, 6.45) is 0.661. The van der Waals surface area contributed by atoms with E-state index >= 15 is 0 Å². The molecule has 3 rings (SSSR count). The number of carbonyl (C=O) groups is 2. The van der Waals surface area contributed by atoms with Crippen molar-refractivity contribution in [2.75, 3.05) is 13.7 Å². The second-order valence-electron chi connectivity index (χ2n) is 6.41. The first-order valence-corrected chi connectivity index (χ1v) is 9.24. The highest BCUT2D eigenvalue weighted by Crippen LogP contribution is 2.21. The Hall–Kier alpha value is -3.87. The average Bonchev–Trinajstić information content (AvgIpc) is 2.77. The van der Waals surface area contributed by atoms with Gasteiger partial charge in [-0.25, -0.2) is 4.39 Å². The van der Waals surface area contributed by atoms with Gasteiger partial charge in [0.05, 0.1) is 12.7 Å². The van der Waals surface area contributed by atoms with Gasteiger partial charge in [0.25, 0.3) is 11.8 Å². The Morgan fingerprint density at radius 1 is 0.900 bits per heavy atom. The van der Waals surface area contributed by atoms with E-state index in [1.54, 1.807) is 6.07 Å². The fourth-order valence-corrected chi connectivity index (χ4v) is 2.84. The Balaban J connectivity index is 1.55. The van der Waals surface area contributed by atoms with E-state index in [1.807, 2.05) is 48.5 Å². The summed E-state index contributed by atoms with van der Waals surface area (Å²) in [4.78, 5) is 24.3. The van der Waals surface area contributed by atoms with Crippen LogP contribution in [0.15, 0.2) is 72.8 Å². The minimum atomic E-state index is -0.704. The van der Waals surface area contributed by atoms with Gasteiger partial charge in [-0.1, -0.05) is 48.5 Å². The van der Waals surface area contributed by atoms with E-state index in [9.17, 15) is 14.0 Å². The molecule has 6 nitrogen and oxygen atoms in total. The molecule has 0 radical (unpaired) electrons. The standard InChI is InChI=1S/C23H21FN2O4/c1-29-21-12-11-18(24)14-19(21)23(28)26-25-22(27)15-30-20-10-6-5-9-17(20)13-16-7-3-2-4-8-16/h2-12,14H,13,15H2,1H3,(H,25,27)(H,26,28). The van der Waals surface area contributed by atoms with Crippen LogP contribution in [0.25, 0.3) is 0 Å². The first-order valence-electron chi connectivity index (χ1n) is 9.24. The summed E-state index contributed by atoms with van der Waals surface area (Å²) in [5.74, 6) is -1.09. The van der Waals surface area contributed by atoms with Crippen molar-refractivity contribution in [1.82, 2.24) is 10.9 Å². The van der Waals surface area contributed by atoms with E-state index in [2.05, 4.69) is 10.9 Å². The van der Waals surface area contributed by atoms with Gasteiger partial charge >= 0.3 is 0 Å². The molecule has 0 atom stereocenters. The normalized spacial score (nSPS) is 10.2. The molecule has 0 aromatic heterocycles. The summed E-state index contributed by atoms with van der Waals surface area (Å²) >= 11 is 0. The largest absolute Gasteiger partial charge is 0.496 e. The summed E-state index contributed by atoms with van der Waals surface area (Å²) in [5, 5.41) is 0. The van der Waals surface area contributed by atoms with Crippen molar-refractivity contribution in [2.24, 2.45) is 0 Å². The van der Waals surface area contributed by atoms with E-state index in [4.69, 9.17) is 9.47 Å². The summed E-state index contributed by atoms with van der Waals surface area (Å²) in [6, 6.07) is 20.9. The van der Waals surface area contributed by atoms with Crippen LogP contribution in [0.5, 0.6) is 11.5 Å². The molecule has 0 fully saturated rings. The van der Waals surface area contributed by atoms with Gasteiger partial charge in [0.1, 0.15) is 17.3 Å². The maximum absolute atomic E-state index is 13.4. The van der Waals surface area contributed by atoms with E-state index in [0.29, 0.717) is 12.2 Å². The minimum Gasteiger partial charge on any atom is -0.496 e. The van der Waals surface area contributed by atoms with Gasteiger partial charge < -0.3 is 9.47 Å². The van der Waals surface area contributed by atoms with Crippen LogP contribution in [0, 0.1) is 5.82 Å². The van der Waals surface area contributed by atoms with Crippen LogP contribution in [0.3, 0.4) is 0 Å². The van der Waals surface area contributed by atoms with Crippen LogP contribution in [0.4, 0.5) is 4.39 Å². The van der Waals surface area contributed by atoms with Crippen molar-refractivity contribution in [3.8, 4) is 11.5 Å². The quantitative estimate of drug-likeness (QED) is 0.589. The monoisotopic (exact) mass is 408 g/mol. The van der Waals surface area contributed by atoms with Gasteiger partial charge in [-0.05, 0) is 35.4 Å². The lowest BCUT2D eigenvalue weighted by molar-refractivity contribution is -0.123. The number of carbonyl (C=O) groups excluding carboxylic acids is 2. The second-order valence-corrected chi connectivity index (χ2v) is 6.41. The number of para-hydroxylation sites is 1. The molecule has 0 saturated carbocycles. The van der Waals surface area contributed by atoms with Crippen LogP contribution in [0.1, 0.15) is 21.5 Å². The zero-order valence-electron chi connectivity index (χ0n) is 16.4. The van der Waals surface area contributed by atoms with Gasteiger partial charge in [-0.3, -0.25) is 20.4 Å². The van der Waals surface area contributed by atoms with E-state index in [1.165, 1.54) is 19.2 Å². The lowest BCUT2D eigenvalue weighted by Gasteiger charge is -2.13. The Morgan fingerprint density at radius 2 is 1.63 bits per heavy atom. The molecule has 0 aliphatic rings. The molecular weight excluding hydrogens is 387 g/mol. The molecule has 0 heterocycles. The summed E-state index contributed by atoms with van der Waals surface area (Å²) in [6.45, 7) is -0.299. The number of halogens is 1. The number of hydrogen-bond acceptors (Lipinski definition) is 4. The molecule has 2 N–H and O–H groups in total. The average molecular weight is 408 g/mol. The van der Waals surface area contributed by atoms with Gasteiger partial charge in [0.2, 0.25) is 0 Å². The molecule has 0 aliphatic heterocycles. The number of methoxy groups -OCH3 is 1. The third-order valence-electron chi connectivity index (χ3n) is 4.29. The fraction of sp³-hybridized carbons (Fsp3) is 0.130. The van der Waals surface area contributed by atoms with Crippen molar-refractivity contribution < 1.29 is 23.5 Å². The molecule has 154 valence electrons. The highest BCUT2D eigenvalue weighted by molar-refractivity contribution is 5.97. The third-order valence-corrected chi connectivity index (χ3v) is 4.29. The summed E-state index contributed by atoms with van der Waals surface area (Å²) in [7, 11) is 1.36. The zero-order chi connectivity index (χ0) is 21.3. The molecule has 0 spiro atoms. The zero-order valence-corrected chi connectivity index (χ0v) is 16.4. The van der Waals surface area contributed by atoms with Crippen LogP contribution >= 0.6 is 0 Å². The molecule has 3 aromatic carbocycles. The van der Waals surface area contributed by atoms with Crippen molar-refractivity contribution in [1.29, 1.82) is 0 Å². The van der Waals surface area contributed by atoms with Gasteiger partial charge in [0, 0.05) is 6.42 Å². The molecule has 0 unspecified atom stereocenters. The van der Waals surface area contributed by atoms with E-state index < -0.39 is 17.6 Å².